The summed E-state index contributed by atoms with van der Waals surface area (Å²) in [4.78, 5) is 17.1. The third kappa shape index (κ3) is 4.43. The molecule has 1 heterocycles. The molecule has 0 radical (unpaired) electrons. The summed E-state index contributed by atoms with van der Waals surface area (Å²) in [6, 6.07) is 1.22. The first-order valence-electron chi connectivity index (χ1n) is 8.79. The van der Waals surface area contributed by atoms with Gasteiger partial charge in [0.2, 0.25) is 5.91 Å². The van der Waals surface area contributed by atoms with Crippen LogP contribution in [0.2, 0.25) is 0 Å². The Morgan fingerprint density at radius 1 is 1.05 bits per heavy atom. The number of amides is 1. The molecule has 0 spiro atoms. The first-order chi connectivity index (χ1) is 10.1. The van der Waals surface area contributed by atoms with E-state index >= 15 is 0 Å². The summed E-state index contributed by atoms with van der Waals surface area (Å²) >= 11 is 0. The van der Waals surface area contributed by atoms with Gasteiger partial charge in [-0.1, -0.05) is 19.3 Å². The topological polar surface area (TPSA) is 43.8 Å². The summed E-state index contributed by atoms with van der Waals surface area (Å²) in [5.74, 6) is 0.258. The monoisotopic (exact) mass is 296 g/mol. The molecular weight excluding hydrogens is 264 g/mol. The van der Waals surface area contributed by atoms with Crippen molar-refractivity contribution in [3.05, 3.63) is 0 Å². The zero-order chi connectivity index (χ0) is 15.2. The molecule has 21 heavy (non-hydrogen) atoms. The molecule has 122 valence electrons. The highest BCUT2D eigenvalue weighted by atomic mass is 16.3. The van der Waals surface area contributed by atoms with E-state index in [-0.39, 0.29) is 12.5 Å². The second-order valence-electron chi connectivity index (χ2n) is 6.92. The Balaban J connectivity index is 1.96. The maximum Gasteiger partial charge on any atom is 0.237 e. The number of aliphatic hydroxyl groups is 1. The first-order valence-corrected chi connectivity index (χ1v) is 8.79. The van der Waals surface area contributed by atoms with E-state index in [0.29, 0.717) is 31.2 Å². The molecule has 0 bridgehead atoms. The number of hydrogen-bond donors (Lipinski definition) is 1. The molecule has 0 aromatic carbocycles. The van der Waals surface area contributed by atoms with E-state index in [1.807, 2.05) is 0 Å². The van der Waals surface area contributed by atoms with Gasteiger partial charge < -0.3 is 10.0 Å². The number of carbonyl (C=O) groups excluding carboxylic acids is 1. The van der Waals surface area contributed by atoms with E-state index in [1.54, 1.807) is 0 Å². The minimum atomic E-state index is 0.148. The molecule has 4 heteroatoms. The number of rotatable bonds is 5. The van der Waals surface area contributed by atoms with Crippen molar-refractivity contribution >= 4 is 5.91 Å². The summed E-state index contributed by atoms with van der Waals surface area (Å²) < 4.78 is 0. The van der Waals surface area contributed by atoms with Crippen LogP contribution in [0.3, 0.4) is 0 Å². The lowest BCUT2D eigenvalue weighted by molar-refractivity contribution is -0.139. The SMILES string of the molecule is C[C@@H]1CCC[C@@H](C)N1C(=O)CN(CCO)C1CCCCC1. The van der Waals surface area contributed by atoms with Crippen LogP contribution in [0, 0.1) is 0 Å². The molecule has 1 saturated heterocycles. The van der Waals surface area contributed by atoms with Crippen LogP contribution in [0.1, 0.15) is 65.2 Å². The van der Waals surface area contributed by atoms with Gasteiger partial charge in [0, 0.05) is 24.7 Å². The standard InChI is InChI=1S/C17H32N2O2/c1-14-7-6-8-15(2)19(14)17(21)13-18(11-12-20)16-9-4-3-5-10-16/h14-16,20H,3-13H2,1-2H3/t14-,15-/m1/s1. The van der Waals surface area contributed by atoms with Gasteiger partial charge in [-0.25, -0.2) is 0 Å². The Labute approximate surface area is 129 Å². The highest BCUT2D eigenvalue weighted by molar-refractivity contribution is 5.79. The van der Waals surface area contributed by atoms with Crippen LogP contribution in [0.15, 0.2) is 0 Å². The zero-order valence-electron chi connectivity index (χ0n) is 13.8. The fourth-order valence-electron chi connectivity index (χ4n) is 4.13. The Morgan fingerprint density at radius 3 is 2.24 bits per heavy atom. The Bertz CT molecular complexity index is 319. The molecule has 1 saturated carbocycles. The van der Waals surface area contributed by atoms with Crippen molar-refractivity contribution in [3.8, 4) is 0 Å². The smallest absolute Gasteiger partial charge is 0.237 e. The number of hydrogen-bond acceptors (Lipinski definition) is 3. The molecule has 2 aliphatic rings. The Morgan fingerprint density at radius 2 is 1.67 bits per heavy atom. The number of piperidine rings is 1. The summed E-state index contributed by atoms with van der Waals surface area (Å²) in [5, 5.41) is 9.33. The van der Waals surface area contributed by atoms with E-state index in [1.165, 1.54) is 38.5 Å². The fourth-order valence-corrected chi connectivity index (χ4v) is 4.13. The molecule has 0 unspecified atom stereocenters. The molecule has 0 aromatic heterocycles. The summed E-state index contributed by atoms with van der Waals surface area (Å²) in [6.07, 6.45) is 9.68. The lowest BCUT2D eigenvalue weighted by Gasteiger charge is -2.41. The van der Waals surface area contributed by atoms with E-state index in [0.717, 1.165) is 12.8 Å². The Hall–Kier alpha value is -0.610. The summed E-state index contributed by atoms with van der Waals surface area (Å²) in [6.45, 7) is 5.61. The summed E-state index contributed by atoms with van der Waals surface area (Å²) in [5.41, 5.74) is 0. The maximum atomic E-state index is 12.7. The number of aliphatic hydroxyl groups excluding tert-OH is 1. The van der Waals surface area contributed by atoms with Crippen molar-refractivity contribution < 1.29 is 9.90 Å². The molecule has 2 atom stereocenters. The minimum absolute atomic E-state index is 0.148. The van der Waals surface area contributed by atoms with Gasteiger partial charge in [0.1, 0.15) is 0 Å². The second-order valence-corrected chi connectivity index (χ2v) is 6.92. The quantitative estimate of drug-likeness (QED) is 0.847. The van der Waals surface area contributed by atoms with Crippen molar-refractivity contribution in [2.75, 3.05) is 19.7 Å². The third-order valence-corrected chi connectivity index (χ3v) is 5.30. The van der Waals surface area contributed by atoms with Crippen LogP contribution in [0.4, 0.5) is 0 Å². The lowest BCUT2D eigenvalue weighted by Crippen LogP contribution is -2.53. The van der Waals surface area contributed by atoms with Gasteiger partial charge in [-0.2, -0.15) is 0 Å². The van der Waals surface area contributed by atoms with Crippen molar-refractivity contribution in [1.82, 2.24) is 9.80 Å². The van der Waals surface area contributed by atoms with Crippen LogP contribution in [-0.4, -0.2) is 58.6 Å². The third-order valence-electron chi connectivity index (χ3n) is 5.30. The van der Waals surface area contributed by atoms with Crippen molar-refractivity contribution in [2.45, 2.75) is 83.3 Å². The highest BCUT2D eigenvalue weighted by Gasteiger charge is 2.31. The predicted molar refractivity (Wildman–Crippen MR) is 85.2 cm³/mol. The molecule has 4 nitrogen and oxygen atoms in total. The van der Waals surface area contributed by atoms with Crippen LogP contribution in [-0.2, 0) is 4.79 Å². The highest BCUT2D eigenvalue weighted by Crippen LogP contribution is 2.25. The maximum absolute atomic E-state index is 12.7. The van der Waals surface area contributed by atoms with E-state index in [2.05, 4.69) is 23.6 Å². The van der Waals surface area contributed by atoms with Crippen molar-refractivity contribution in [3.63, 3.8) is 0 Å². The van der Waals surface area contributed by atoms with Crippen LogP contribution >= 0.6 is 0 Å². The molecule has 2 fully saturated rings. The predicted octanol–water partition coefficient (Wildman–Crippen LogP) is 2.40. The lowest BCUT2D eigenvalue weighted by atomic mass is 9.93. The molecule has 2 rings (SSSR count). The molecule has 0 aromatic rings. The van der Waals surface area contributed by atoms with Gasteiger partial charge >= 0.3 is 0 Å². The molecule has 1 N–H and O–H groups in total. The average molecular weight is 296 g/mol. The molecular formula is C17H32N2O2. The van der Waals surface area contributed by atoms with E-state index in [9.17, 15) is 9.90 Å². The molecule has 1 aliphatic carbocycles. The van der Waals surface area contributed by atoms with Crippen LogP contribution in [0.5, 0.6) is 0 Å². The summed E-state index contributed by atoms with van der Waals surface area (Å²) in [7, 11) is 0. The largest absolute Gasteiger partial charge is 0.395 e. The zero-order valence-corrected chi connectivity index (χ0v) is 13.8. The van der Waals surface area contributed by atoms with Gasteiger partial charge in [0.15, 0.2) is 0 Å². The van der Waals surface area contributed by atoms with Crippen LogP contribution < -0.4 is 0 Å². The first kappa shape index (κ1) is 16.8. The number of likely N-dealkylation sites (tertiary alicyclic amines) is 1. The van der Waals surface area contributed by atoms with Gasteiger partial charge in [-0.15, -0.1) is 0 Å². The van der Waals surface area contributed by atoms with E-state index in [4.69, 9.17) is 0 Å². The second kappa shape index (κ2) is 8.14. The minimum Gasteiger partial charge on any atom is -0.395 e. The average Bonchev–Trinajstić information content (AvgIpc) is 2.47. The normalized spacial score (nSPS) is 28.1. The van der Waals surface area contributed by atoms with Gasteiger partial charge in [-0.05, 0) is 46.0 Å². The van der Waals surface area contributed by atoms with Gasteiger partial charge in [0.05, 0.1) is 13.2 Å². The molecule has 1 aliphatic heterocycles. The van der Waals surface area contributed by atoms with Gasteiger partial charge in [0.25, 0.3) is 0 Å². The van der Waals surface area contributed by atoms with Gasteiger partial charge in [-0.3, -0.25) is 9.69 Å². The number of nitrogens with zero attached hydrogens (tertiary/aromatic N) is 2. The van der Waals surface area contributed by atoms with Crippen molar-refractivity contribution in [2.24, 2.45) is 0 Å². The van der Waals surface area contributed by atoms with Crippen LogP contribution in [0.25, 0.3) is 0 Å². The fraction of sp³-hybridized carbons (Fsp3) is 0.941. The molecule has 1 amide bonds. The van der Waals surface area contributed by atoms with E-state index < -0.39 is 0 Å². The number of carbonyl (C=O) groups is 1. The Kier molecular flexibility index (Phi) is 6.49. The van der Waals surface area contributed by atoms with Crippen molar-refractivity contribution in [1.29, 1.82) is 0 Å².